The van der Waals surface area contributed by atoms with Crippen LogP contribution in [-0.4, -0.2) is 7.11 Å². The molecule has 0 bridgehead atoms. The van der Waals surface area contributed by atoms with E-state index in [4.69, 9.17) is 10.5 Å². The Morgan fingerprint density at radius 3 is 2.54 bits per heavy atom. The fourth-order valence-corrected chi connectivity index (χ4v) is 1.17. The average Bonchev–Trinajstić information content (AvgIpc) is 2.18. The van der Waals surface area contributed by atoms with E-state index in [-0.39, 0.29) is 6.04 Å². The summed E-state index contributed by atoms with van der Waals surface area (Å²) in [6, 6.07) is 7.83. The summed E-state index contributed by atoms with van der Waals surface area (Å²) in [6.45, 7) is 3.66. The lowest BCUT2D eigenvalue weighted by atomic mass is 10.1. The van der Waals surface area contributed by atoms with Gasteiger partial charge in [-0.3, -0.25) is 0 Å². The number of methoxy groups -OCH3 is 1. The second-order valence-electron chi connectivity index (χ2n) is 2.90. The molecule has 2 heteroatoms. The molecule has 0 radical (unpaired) electrons. The Labute approximate surface area is 79.0 Å². The van der Waals surface area contributed by atoms with Crippen LogP contribution in [0.15, 0.2) is 36.9 Å². The minimum absolute atomic E-state index is 0.0448. The van der Waals surface area contributed by atoms with E-state index in [1.54, 1.807) is 7.11 Å². The van der Waals surface area contributed by atoms with Crippen molar-refractivity contribution in [2.45, 2.75) is 12.5 Å². The molecule has 70 valence electrons. The molecular formula is C11H15NO. The highest BCUT2D eigenvalue weighted by Crippen LogP contribution is 2.18. The van der Waals surface area contributed by atoms with E-state index in [1.807, 2.05) is 30.3 Å². The zero-order valence-electron chi connectivity index (χ0n) is 7.86. The van der Waals surface area contributed by atoms with Crippen LogP contribution in [0.4, 0.5) is 0 Å². The van der Waals surface area contributed by atoms with Crippen molar-refractivity contribution in [1.82, 2.24) is 0 Å². The van der Waals surface area contributed by atoms with Gasteiger partial charge in [0.25, 0.3) is 0 Å². The molecule has 0 fully saturated rings. The van der Waals surface area contributed by atoms with Crippen molar-refractivity contribution in [1.29, 1.82) is 0 Å². The fourth-order valence-electron chi connectivity index (χ4n) is 1.17. The Kier molecular flexibility index (Phi) is 3.53. The predicted molar refractivity (Wildman–Crippen MR) is 54.7 cm³/mol. The normalized spacial score (nSPS) is 12.2. The molecule has 0 aliphatic rings. The second kappa shape index (κ2) is 4.67. The third kappa shape index (κ3) is 2.60. The molecule has 0 saturated carbocycles. The summed E-state index contributed by atoms with van der Waals surface area (Å²) >= 11 is 0. The van der Waals surface area contributed by atoms with Crippen LogP contribution in [0.1, 0.15) is 18.0 Å². The monoisotopic (exact) mass is 177 g/mol. The summed E-state index contributed by atoms with van der Waals surface area (Å²) in [4.78, 5) is 0. The van der Waals surface area contributed by atoms with Gasteiger partial charge < -0.3 is 10.5 Å². The third-order valence-corrected chi connectivity index (χ3v) is 1.96. The highest BCUT2D eigenvalue weighted by molar-refractivity contribution is 5.29. The SMILES string of the molecule is C=CC[C@H](N)c1ccc(OC)cc1. The van der Waals surface area contributed by atoms with Crippen molar-refractivity contribution in [3.8, 4) is 5.75 Å². The van der Waals surface area contributed by atoms with Gasteiger partial charge in [-0.15, -0.1) is 6.58 Å². The Morgan fingerprint density at radius 2 is 2.08 bits per heavy atom. The van der Waals surface area contributed by atoms with Gasteiger partial charge in [0, 0.05) is 6.04 Å². The fraction of sp³-hybridized carbons (Fsp3) is 0.273. The van der Waals surface area contributed by atoms with E-state index in [9.17, 15) is 0 Å². The van der Waals surface area contributed by atoms with E-state index in [2.05, 4.69) is 6.58 Å². The van der Waals surface area contributed by atoms with Crippen molar-refractivity contribution in [2.24, 2.45) is 5.73 Å². The van der Waals surface area contributed by atoms with Gasteiger partial charge in [-0.05, 0) is 24.1 Å². The topological polar surface area (TPSA) is 35.2 Å². The van der Waals surface area contributed by atoms with Gasteiger partial charge in [-0.1, -0.05) is 18.2 Å². The summed E-state index contributed by atoms with van der Waals surface area (Å²) < 4.78 is 5.05. The minimum atomic E-state index is 0.0448. The number of hydrogen-bond acceptors (Lipinski definition) is 2. The van der Waals surface area contributed by atoms with Crippen molar-refractivity contribution < 1.29 is 4.74 Å². The van der Waals surface area contributed by atoms with E-state index in [1.165, 1.54) is 0 Å². The molecule has 0 unspecified atom stereocenters. The van der Waals surface area contributed by atoms with Crippen molar-refractivity contribution in [2.75, 3.05) is 7.11 Å². The maximum absolute atomic E-state index is 5.88. The number of nitrogens with two attached hydrogens (primary N) is 1. The summed E-state index contributed by atoms with van der Waals surface area (Å²) in [5.74, 6) is 0.856. The molecule has 0 amide bonds. The van der Waals surface area contributed by atoms with Crippen LogP contribution in [0, 0.1) is 0 Å². The summed E-state index contributed by atoms with van der Waals surface area (Å²) in [5.41, 5.74) is 7.00. The Hall–Kier alpha value is -1.28. The first kappa shape index (κ1) is 9.81. The zero-order chi connectivity index (χ0) is 9.68. The van der Waals surface area contributed by atoms with Gasteiger partial charge in [-0.25, -0.2) is 0 Å². The molecule has 2 nitrogen and oxygen atoms in total. The molecule has 0 aliphatic carbocycles. The van der Waals surface area contributed by atoms with Gasteiger partial charge >= 0.3 is 0 Å². The lowest BCUT2D eigenvalue weighted by Gasteiger charge is -2.09. The van der Waals surface area contributed by atoms with Gasteiger partial charge in [0.05, 0.1) is 7.11 Å². The molecular weight excluding hydrogens is 162 g/mol. The quantitative estimate of drug-likeness (QED) is 0.716. The maximum atomic E-state index is 5.88. The molecule has 1 atom stereocenters. The van der Waals surface area contributed by atoms with Crippen LogP contribution in [0.3, 0.4) is 0 Å². The first-order chi connectivity index (χ1) is 6.27. The Balaban J connectivity index is 2.73. The maximum Gasteiger partial charge on any atom is 0.118 e. The van der Waals surface area contributed by atoms with Crippen LogP contribution in [-0.2, 0) is 0 Å². The first-order valence-corrected chi connectivity index (χ1v) is 4.28. The Bertz CT molecular complexity index is 266. The molecule has 2 N–H and O–H groups in total. The van der Waals surface area contributed by atoms with Gasteiger partial charge in [-0.2, -0.15) is 0 Å². The zero-order valence-corrected chi connectivity index (χ0v) is 7.86. The van der Waals surface area contributed by atoms with E-state index < -0.39 is 0 Å². The second-order valence-corrected chi connectivity index (χ2v) is 2.90. The third-order valence-electron chi connectivity index (χ3n) is 1.96. The van der Waals surface area contributed by atoms with Gasteiger partial charge in [0.1, 0.15) is 5.75 Å². The van der Waals surface area contributed by atoms with Gasteiger partial charge in [0.15, 0.2) is 0 Å². The van der Waals surface area contributed by atoms with E-state index in [0.717, 1.165) is 17.7 Å². The van der Waals surface area contributed by atoms with Crippen LogP contribution in [0.2, 0.25) is 0 Å². The van der Waals surface area contributed by atoms with Crippen LogP contribution in [0.25, 0.3) is 0 Å². The molecule has 0 aliphatic heterocycles. The largest absolute Gasteiger partial charge is 0.497 e. The summed E-state index contributed by atoms with van der Waals surface area (Å²) in [5, 5.41) is 0. The van der Waals surface area contributed by atoms with Crippen molar-refractivity contribution in [3.63, 3.8) is 0 Å². The first-order valence-electron chi connectivity index (χ1n) is 4.28. The molecule has 1 aromatic rings. The molecule has 13 heavy (non-hydrogen) atoms. The smallest absolute Gasteiger partial charge is 0.118 e. The number of rotatable bonds is 4. The number of ether oxygens (including phenoxy) is 1. The molecule has 1 aromatic carbocycles. The molecule has 0 aromatic heterocycles. The molecule has 1 rings (SSSR count). The van der Waals surface area contributed by atoms with Crippen LogP contribution >= 0.6 is 0 Å². The number of hydrogen-bond donors (Lipinski definition) is 1. The summed E-state index contributed by atoms with van der Waals surface area (Å²) in [6.07, 6.45) is 2.63. The average molecular weight is 177 g/mol. The molecule has 0 saturated heterocycles. The highest BCUT2D eigenvalue weighted by atomic mass is 16.5. The Morgan fingerprint density at radius 1 is 1.46 bits per heavy atom. The van der Waals surface area contributed by atoms with E-state index in [0.29, 0.717) is 0 Å². The minimum Gasteiger partial charge on any atom is -0.497 e. The highest BCUT2D eigenvalue weighted by Gasteiger charge is 2.02. The van der Waals surface area contributed by atoms with Gasteiger partial charge in [0.2, 0.25) is 0 Å². The number of benzene rings is 1. The predicted octanol–water partition coefficient (Wildman–Crippen LogP) is 2.27. The standard InChI is InChI=1S/C11H15NO/c1-3-4-11(12)9-5-7-10(13-2)8-6-9/h3,5-8,11H,1,4,12H2,2H3/t11-/m0/s1. The van der Waals surface area contributed by atoms with Crippen molar-refractivity contribution >= 4 is 0 Å². The van der Waals surface area contributed by atoms with Crippen LogP contribution in [0.5, 0.6) is 5.75 Å². The van der Waals surface area contributed by atoms with Crippen LogP contribution < -0.4 is 10.5 Å². The summed E-state index contributed by atoms with van der Waals surface area (Å²) in [7, 11) is 1.65. The molecule has 0 heterocycles. The lowest BCUT2D eigenvalue weighted by molar-refractivity contribution is 0.414. The lowest BCUT2D eigenvalue weighted by Crippen LogP contribution is -2.08. The molecule has 0 spiro atoms. The van der Waals surface area contributed by atoms with E-state index >= 15 is 0 Å². The van der Waals surface area contributed by atoms with Crippen molar-refractivity contribution in [3.05, 3.63) is 42.5 Å².